The average molecular weight is 804 g/mol. The molecule has 1 saturated carbocycles. The number of hydrogen-bond donors (Lipinski definition) is 3. The quantitative estimate of drug-likeness (QED) is 0.185. The van der Waals surface area contributed by atoms with Crippen LogP contribution < -0.4 is 0 Å². The molecule has 13 heteroatoms. The maximum atomic E-state index is 14.3. The highest BCUT2D eigenvalue weighted by atomic mass is 16.7. The molecule has 57 heavy (non-hydrogen) atoms. The maximum Gasteiger partial charge on any atom is 0.329 e. The number of nitrogens with zero attached hydrogens (tertiary/aromatic N) is 1. The van der Waals surface area contributed by atoms with Crippen LogP contribution in [0.15, 0.2) is 36.0 Å². The molecular formula is C44H69NO12. The van der Waals surface area contributed by atoms with Crippen LogP contribution in [0, 0.1) is 29.6 Å². The molecule has 0 aromatic heterocycles. The first-order chi connectivity index (χ1) is 27.0. The van der Waals surface area contributed by atoms with Crippen molar-refractivity contribution >= 4 is 23.4 Å². The number of piperidine rings is 1. The first kappa shape index (κ1) is 46.9. The summed E-state index contributed by atoms with van der Waals surface area (Å²) in [5.74, 6) is -7.76. The zero-order valence-corrected chi connectivity index (χ0v) is 35.4. The van der Waals surface area contributed by atoms with E-state index in [-0.39, 0.29) is 49.5 Å². The molecule has 0 spiro atoms. The summed E-state index contributed by atoms with van der Waals surface area (Å²) in [6, 6.07) is -1.14. The van der Waals surface area contributed by atoms with Gasteiger partial charge in [-0.15, -0.1) is 6.58 Å². The Morgan fingerprint density at radius 3 is 2.25 bits per heavy atom. The summed E-state index contributed by atoms with van der Waals surface area (Å²) >= 11 is 0. The number of carbonyl (C=O) groups excluding carboxylic acids is 4. The van der Waals surface area contributed by atoms with Crippen LogP contribution in [-0.4, -0.2) is 126 Å². The molecule has 3 aliphatic heterocycles. The van der Waals surface area contributed by atoms with Crippen molar-refractivity contribution < 1.29 is 58.2 Å². The van der Waals surface area contributed by atoms with Gasteiger partial charge in [0.2, 0.25) is 5.79 Å². The predicted octanol–water partition coefficient (Wildman–Crippen LogP) is 4.64. The number of amides is 1. The number of esters is 1. The van der Waals surface area contributed by atoms with E-state index in [1.807, 2.05) is 32.9 Å². The van der Waals surface area contributed by atoms with Gasteiger partial charge in [-0.05, 0) is 95.5 Å². The summed E-state index contributed by atoms with van der Waals surface area (Å²) < 4.78 is 29.7. The van der Waals surface area contributed by atoms with Crippen molar-refractivity contribution in [2.24, 2.45) is 29.6 Å². The number of ether oxygens (including phenoxy) is 5. The minimum Gasteiger partial charge on any atom is -0.456 e. The maximum absolute atomic E-state index is 14.3. The highest BCUT2D eigenvalue weighted by molar-refractivity contribution is 6.39. The Morgan fingerprint density at radius 1 is 0.930 bits per heavy atom. The minimum atomic E-state index is -2.51. The van der Waals surface area contributed by atoms with Crippen LogP contribution in [0.2, 0.25) is 0 Å². The molecule has 0 radical (unpaired) electrons. The molecule has 1 amide bonds. The summed E-state index contributed by atoms with van der Waals surface area (Å²) in [4.78, 5) is 57.8. The molecule has 1 unspecified atom stereocenters. The van der Waals surface area contributed by atoms with Gasteiger partial charge in [0.1, 0.15) is 24.0 Å². The van der Waals surface area contributed by atoms with E-state index in [0.717, 1.165) is 5.57 Å². The highest BCUT2D eigenvalue weighted by Gasteiger charge is 2.56. The van der Waals surface area contributed by atoms with E-state index >= 15 is 0 Å². The van der Waals surface area contributed by atoms with Gasteiger partial charge < -0.3 is 43.9 Å². The van der Waals surface area contributed by atoms with Gasteiger partial charge in [0.05, 0.1) is 30.5 Å². The number of hydrogen-bond acceptors (Lipinski definition) is 12. The number of fused-ring (bicyclic) bond motifs is 3. The molecule has 3 fully saturated rings. The molecule has 13 nitrogen and oxygen atoms in total. The van der Waals surface area contributed by atoms with Gasteiger partial charge in [0, 0.05) is 52.0 Å². The van der Waals surface area contributed by atoms with E-state index in [2.05, 4.69) is 6.58 Å². The van der Waals surface area contributed by atoms with Crippen molar-refractivity contribution in [2.45, 2.75) is 160 Å². The van der Waals surface area contributed by atoms with Gasteiger partial charge in [-0.3, -0.25) is 14.4 Å². The van der Waals surface area contributed by atoms with Crippen molar-refractivity contribution in [1.82, 2.24) is 4.90 Å². The Morgan fingerprint density at radius 2 is 1.60 bits per heavy atom. The van der Waals surface area contributed by atoms with E-state index in [1.165, 1.54) is 19.1 Å². The van der Waals surface area contributed by atoms with Gasteiger partial charge in [-0.25, -0.2) is 4.79 Å². The summed E-state index contributed by atoms with van der Waals surface area (Å²) in [6.45, 7) is 13.1. The van der Waals surface area contributed by atoms with Crippen LogP contribution in [0.1, 0.15) is 105 Å². The van der Waals surface area contributed by atoms with Crippen LogP contribution in [0.25, 0.3) is 0 Å². The molecule has 4 aliphatic rings. The standard InChI is InChI=1S/C44H69NO12/c1-10-13-31-19-25(2)18-26(3)20-37(54-8)40-38(55-9)22-28(5)44(52,57-40)41(49)42(50)45-17-12-11-14-32(45)43(51)56-39(29(6)34(47)24-35(31)48)27(4)21-30-15-16-33(46)36(23-30)53-7/h10,19,21,26,28-34,36-40,46-47,52H,1,11-18,20,22-24H2,2-9H3/b25-19+,27-21+/t26-,28-,29-,30+,31-,32+,33-,34+,36-,37+,38+,39?,40-,44-/m1/s1. The van der Waals surface area contributed by atoms with E-state index in [1.54, 1.807) is 27.0 Å². The second-order valence-electron chi connectivity index (χ2n) is 17.3. The van der Waals surface area contributed by atoms with Crippen LogP contribution in [0.4, 0.5) is 0 Å². The Labute approximate surface area is 339 Å². The smallest absolute Gasteiger partial charge is 0.329 e. The molecule has 322 valence electrons. The molecule has 2 saturated heterocycles. The number of Topliss-reactive ketones (excluding diaryl/α,β-unsaturated/α-hetero) is 2. The van der Waals surface area contributed by atoms with Crippen molar-refractivity contribution in [3.8, 4) is 0 Å². The monoisotopic (exact) mass is 803 g/mol. The number of methoxy groups -OCH3 is 3. The fourth-order valence-electron chi connectivity index (χ4n) is 9.42. The van der Waals surface area contributed by atoms with Gasteiger partial charge in [-0.1, -0.05) is 44.6 Å². The number of allylic oxidation sites excluding steroid dienone is 4. The zero-order chi connectivity index (χ0) is 42.2. The fraction of sp³-hybridized carbons (Fsp3) is 0.773. The molecule has 3 N–H and O–H groups in total. The Bertz CT molecular complexity index is 1480. The molecule has 3 heterocycles. The lowest BCUT2D eigenvalue weighted by atomic mass is 9.81. The average Bonchev–Trinajstić information content (AvgIpc) is 3.18. The Hall–Kier alpha value is -2.78. The van der Waals surface area contributed by atoms with E-state index in [4.69, 9.17) is 23.7 Å². The zero-order valence-electron chi connectivity index (χ0n) is 35.4. The molecule has 4 rings (SSSR count). The fourth-order valence-corrected chi connectivity index (χ4v) is 9.42. The molecule has 0 aromatic carbocycles. The first-order valence-corrected chi connectivity index (χ1v) is 20.9. The van der Waals surface area contributed by atoms with Crippen LogP contribution in [-0.2, 0) is 42.9 Å². The minimum absolute atomic E-state index is 0.00988. The van der Waals surface area contributed by atoms with Crippen molar-refractivity contribution in [1.29, 1.82) is 0 Å². The summed E-state index contributed by atoms with van der Waals surface area (Å²) in [5.41, 5.74) is 1.61. The van der Waals surface area contributed by atoms with Crippen molar-refractivity contribution in [2.75, 3.05) is 27.9 Å². The summed E-state index contributed by atoms with van der Waals surface area (Å²) in [6.07, 6.45) is 4.93. The highest BCUT2D eigenvalue weighted by Crippen LogP contribution is 2.39. The Kier molecular flexibility index (Phi) is 17.2. The topological polar surface area (TPSA) is 178 Å². The number of aliphatic hydroxyl groups is 3. The van der Waals surface area contributed by atoms with Crippen molar-refractivity contribution in [3.63, 3.8) is 0 Å². The number of aliphatic hydroxyl groups excluding tert-OH is 2. The molecule has 1 aliphatic carbocycles. The van der Waals surface area contributed by atoms with Crippen LogP contribution in [0.3, 0.4) is 0 Å². The van der Waals surface area contributed by atoms with Gasteiger partial charge >= 0.3 is 5.97 Å². The second-order valence-corrected chi connectivity index (χ2v) is 17.3. The molecular weight excluding hydrogens is 734 g/mol. The molecule has 2 bridgehead atoms. The van der Waals surface area contributed by atoms with Crippen LogP contribution >= 0.6 is 0 Å². The Balaban J connectivity index is 1.78. The summed E-state index contributed by atoms with van der Waals surface area (Å²) in [7, 11) is 4.61. The van der Waals surface area contributed by atoms with Gasteiger partial charge in [0.15, 0.2) is 0 Å². The van der Waals surface area contributed by atoms with Crippen LogP contribution in [0.5, 0.6) is 0 Å². The van der Waals surface area contributed by atoms with Gasteiger partial charge in [0.25, 0.3) is 11.7 Å². The third-order valence-corrected chi connectivity index (χ3v) is 12.9. The largest absolute Gasteiger partial charge is 0.456 e. The van der Waals surface area contributed by atoms with Gasteiger partial charge in [-0.2, -0.15) is 0 Å². The number of cyclic esters (lactones) is 1. The lowest BCUT2D eigenvalue weighted by Gasteiger charge is -2.47. The third-order valence-electron chi connectivity index (χ3n) is 12.9. The lowest BCUT2D eigenvalue weighted by Crippen LogP contribution is -2.64. The molecule has 0 aromatic rings. The molecule has 14 atom stereocenters. The number of ketones is 2. The predicted molar refractivity (Wildman–Crippen MR) is 213 cm³/mol. The third kappa shape index (κ3) is 11.3. The number of rotatable bonds is 7. The SMILES string of the molecule is C=CC[C@@H]1/C=C(\C)C[C@@H](C)C[C@H](OC)[C@H]2O[C@@](O)(C(=O)C(=O)N3CCCC[C@H]3C(=O)OC(/C(C)=C/[C@@H]3CC[C@@H](O)[C@H](OC)C3)[C@H](C)[C@@H](O)CC1=O)[C@H](C)C[C@@H]2OC. The first-order valence-electron chi connectivity index (χ1n) is 20.9. The number of carbonyl (C=O) groups is 4. The van der Waals surface area contributed by atoms with E-state index in [0.29, 0.717) is 56.9 Å². The summed E-state index contributed by atoms with van der Waals surface area (Å²) in [5, 5.41) is 34.1. The lowest BCUT2D eigenvalue weighted by molar-refractivity contribution is -0.302. The van der Waals surface area contributed by atoms with Crippen molar-refractivity contribution in [3.05, 3.63) is 36.0 Å². The van der Waals surface area contributed by atoms with E-state index in [9.17, 15) is 34.5 Å². The second kappa shape index (κ2) is 21.0. The van der Waals surface area contributed by atoms with E-state index < -0.39 is 83.9 Å². The normalized spacial score (nSPS) is 41.0.